The second kappa shape index (κ2) is 6.23. The second-order valence-electron chi connectivity index (χ2n) is 14.7. The molecule has 0 radical (unpaired) electrons. The zero-order chi connectivity index (χ0) is 22.9. The number of Topliss-reactive ketones (excluding diaryl/α,β-unsaturated/α-hetero) is 1. The molecule has 5 aliphatic carbocycles. The van der Waals surface area contributed by atoms with Crippen LogP contribution in [0.5, 0.6) is 0 Å². The molecule has 0 amide bonds. The summed E-state index contributed by atoms with van der Waals surface area (Å²) in [7, 11) is 0. The van der Waals surface area contributed by atoms with Crippen LogP contribution in [0.4, 0.5) is 0 Å². The molecule has 0 aromatic carbocycles. The Kier molecular flexibility index (Phi) is 4.30. The van der Waals surface area contributed by atoms with Gasteiger partial charge in [-0.2, -0.15) is 0 Å². The summed E-state index contributed by atoms with van der Waals surface area (Å²) in [6.45, 7) is 14.9. The Morgan fingerprint density at radius 2 is 1.53 bits per heavy atom. The lowest BCUT2D eigenvalue weighted by atomic mass is 9.32. The normalized spacial score (nSPS) is 60.7. The Labute approximate surface area is 195 Å². The van der Waals surface area contributed by atoms with Crippen LogP contribution in [0.15, 0.2) is 0 Å². The minimum Gasteiger partial charge on any atom is -0.387 e. The summed E-state index contributed by atoms with van der Waals surface area (Å²) in [6, 6.07) is 0. The molecule has 180 valence electrons. The highest BCUT2D eigenvalue weighted by Crippen LogP contribution is 2.77. The molecule has 1 heterocycles. The molecule has 1 aliphatic heterocycles. The zero-order valence-corrected chi connectivity index (χ0v) is 21.4. The molecular formula is C29H46O3. The molecule has 3 heteroatoms. The van der Waals surface area contributed by atoms with E-state index in [-0.39, 0.29) is 16.4 Å². The van der Waals surface area contributed by atoms with E-state index in [9.17, 15) is 9.90 Å². The van der Waals surface area contributed by atoms with Gasteiger partial charge < -0.3 is 9.84 Å². The summed E-state index contributed by atoms with van der Waals surface area (Å²) in [5.41, 5.74) is 0.114. The van der Waals surface area contributed by atoms with Crippen molar-refractivity contribution in [2.24, 2.45) is 51.2 Å². The Hall–Kier alpha value is -0.410. The van der Waals surface area contributed by atoms with Crippen LogP contribution in [-0.2, 0) is 9.53 Å². The van der Waals surface area contributed by atoms with Crippen LogP contribution in [0.1, 0.15) is 106 Å². The van der Waals surface area contributed by atoms with Gasteiger partial charge in [-0.25, -0.2) is 0 Å². The van der Waals surface area contributed by atoms with Gasteiger partial charge in [-0.1, -0.05) is 34.6 Å². The van der Waals surface area contributed by atoms with Gasteiger partial charge in [-0.15, -0.1) is 0 Å². The molecule has 6 rings (SSSR count). The van der Waals surface area contributed by atoms with Crippen molar-refractivity contribution in [2.75, 3.05) is 6.61 Å². The first-order valence-corrected chi connectivity index (χ1v) is 13.7. The average Bonchev–Trinajstić information content (AvgIpc) is 3.05. The molecule has 0 spiro atoms. The van der Waals surface area contributed by atoms with Crippen LogP contribution in [-0.4, -0.2) is 28.7 Å². The minimum atomic E-state index is -0.669. The van der Waals surface area contributed by atoms with Crippen molar-refractivity contribution in [3.8, 4) is 0 Å². The first-order chi connectivity index (χ1) is 14.8. The lowest BCUT2D eigenvalue weighted by molar-refractivity contribution is -0.283. The maximum atomic E-state index is 12.9. The molecule has 0 unspecified atom stereocenters. The molecule has 6 aliphatic rings. The molecule has 5 saturated carbocycles. The lowest BCUT2D eigenvalue weighted by Gasteiger charge is -2.73. The molecule has 1 saturated heterocycles. The summed E-state index contributed by atoms with van der Waals surface area (Å²) < 4.78 is 6.60. The largest absolute Gasteiger partial charge is 0.387 e. The molecule has 0 aromatic heterocycles. The third-order valence-electron chi connectivity index (χ3n) is 13.6. The number of aliphatic hydroxyl groups is 1. The van der Waals surface area contributed by atoms with Gasteiger partial charge in [0.05, 0.1) is 17.8 Å². The van der Waals surface area contributed by atoms with E-state index in [0.29, 0.717) is 52.8 Å². The lowest BCUT2D eigenvalue weighted by Crippen LogP contribution is -2.69. The van der Waals surface area contributed by atoms with Crippen LogP contribution in [0.25, 0.3) is 0 Å². The third kappa shape index (κ3) is 2.34. The van der Waals surface area contributed by atoms with E-state index < -0.39 is 5.60 Å². The molecule has 0 aromatic rings. The summed E-state index contributed by atoms with van der Waals surface area (Å²) >= 11 is 0. The average molecular weight is 443 g/mol. The highest BCUT2D eigenvalue weighted by atomic mass is 16.5. The minimum absolute atomic E-state index is 0.0423. The number of carbonyl (C=O) groups is 1. The summed E-state index contributed by atoms with van der Waals surface area (Å²) in [5.74, 6) is 3.33. The molecule has 10 atom stereocenters. The van der Waals surface area contributed by atoms with Crippen LogP contribution in [0.2, 0.25) is 0 Å². The van der Waals surface area contributed by atoms with Crippen molar-refractivity contribution in [2.45, 2.75) is 117 Å². The number of fused-ring (bicyclic) bond motifs is 5. The molecule has 2 bridgehead atoms. The molecule has 32 heavy (non-hydrogen) atoms. The maximum absolute atomic E-state index is 12.9. The topological polar surface area (TPSA) is 46.5 Å². The van der Waals surface area contributed by atoms with Gasteiger partial charge in [0.1, 0.15) is 5.78 Å². The highest BCUT2D eigenvalue weighted by molar-refractivity contribution is 5.85. The number of hydrogen-bond acceptors (Lipinski definition) is 3. The van der Waals surface area contributed by atoms with Crippen LogP contribution in [0, 0.1) is 51.2 Å². The van der Waals surface area contributed by atoms with Gasteiger partial charge in [0.15, 0.2) is 0 Å². The van der Waals surface area contributed by atoms with Crippen LogP contribution >= 0.6 is 0 Å². The van der Waals surface area contributed by atoms with Gasteiger partial charge in [-0.05, 0) is 111 Å². The van der Waals surface area contributed by atoms with Crippen LogP contribution in [0.3, 0.4) is 0 Å². The molecule has 3 nitrogen and oxygen atoms in total. The first-order valence-electron chi connectivity index (χ1n) is 13.7. The van der Waals surface area contributed by atoms with E-state index in [4.69, 9.17) is 4.74 Å². The van der Waals surface area contributed by atoms with E-state index in [1.54, 1.807) is 0 Å². The van der Waals surface area contributed by atoms with Crippen molar-refractivity contribution >= 4 is 5.78 Å². The first kappa shape index (κ1) is 22.1. The van der Waals surface area contributed by atoms with Crippen molar-refractivity contribution in [3.63, 3.8) is 0 Å². The Balaban J connectivity index is 1.40. The molecule has 1 N–H and O–H groups in total. The van der Waals surface area contributed by atoms with Crippen molar-refractivity contribution in [3.05, 3.63) is 0 Å². The highest BCUT2D eigenvalue weighted by Gasteiger charge is 2.73. The fourth-order valence-electron chi connectivity index (χ4n) is 11.7. The number of carbonyl (C=O) groups excluding carboxylic acids is 1. The van der Waals surface area contributed by atoms with Crippen molar-refractivity contribution < 1.29 is 14.6 Å². The molecule has 6 fully saturated rings. The maximum Gasteiger partial charge on any atom is 0.138 e. The summed E-state index contributed by atoms with van der Waals surface area (Å²) in [4.78, 5) is 12.9. The van der Waals surface area contributed by atoms with E-state index in [1.807, 2.05) is 6.92 Å². The zero-order valence-electron chi connectivity index (χ0n) is 21.4. The quantitative estimate of drug-likeness (QED) is 0.488. The summed E-state index contributed by atoms with van der Waals surface area (Å²) in [5, 5.41) is 11.3. The Morgan fingerprint density at radius 3 is 2.28 bits per heavy atom. The fourth-order valence-corrected chi connectivity index (χ4v) is 11.7. The van der Waals surface area contributed by atoms with Gasteiger partial charge in [-0.3, -0.25) is 4.79 Å². The Bertz CT molecular complexity index is 845. The smallest absolute Gasteiger partial charge is 0.138 e. The van der Waals surface area contributed by atoms with Gasteiger partial charge >= 0.3 is 0 Å². The van der Waals surface area contributed by atoms with E-state index >= 15 is 0 Å². The SMILES string of the molecule is CC1(C)C(=O)CC[C@]2(C)[C@H]3CC[C@@H]4[C@H]5[C@H]6CC[C@]5(CC[C@@]4(C)[C@]3(C)CC[C@@H]12)OC[C@@]6(C)O. The second-order valence-corrected chi connectivity index (χ2v) is 14.7. The predicted octanol–water partition coefficient (Wildman–Crippen LogP) is 6.17. The van der Waals surface area contributed by atoms with E-state index in [0.717, 1.165) is 25.7 Å². The number of ketones is 1. The third-order valence-corrected chi connectivity index (χ3v) is 13.6. The van der Waals surface area contributed by atoms with Crippen molar-refractivity contribution in [1.82, 2.24) is 0 Å². The van der Waals surface area contributed by atoms with E-state index in [2.05, 4.69) is 34.6 Å². The monoisotopic (exact) mass is 442 g/mol. The number of hydrogen-bond donors (Lipinski definition) is 1. The number of rotatable bonds is 0. The Morgan fingerprint density at radius 1 is 0.781 bits per heavy atom. The predicted molar refractivity (Wildman–Crippen MR) is 126 cm³/mol. The van der Waals surface area contributed by atoms with Crippen molar-refractivity contribution in [1.29, 1.82) is 0 Å². The van der Waals surface area contributed by atoms with Crippen LogP contribution < -0.4 is 0 Å². The van der Waals surface area contributed by atoms with Gasteiger partial charge in [0.25, 0.3) is 0 Å². The van der Waals surface area contributed by atoms with E-state index in [1.165, 1.54) is 38.5 Å². The van der Waals surface area contributed by atoms with Gasteiger partial charge in [0.2, 0.25) is 0 Å². The standard InChI is InChI=1S/C29H46O3/c1-24(2)20-10-13-27(5)21(25(20,3)12-11-22(24)30)8-7-18-23-19-9-14-29(23,16-15-26(18,27)4)32-17-28(19,6)31/h18-21,23,31H,7-17H2,1-6H3/t18-,19-,20+,21-,23+,25+,26-,27-,28-,29-/m1/s1. The number of ether oxygens (including phenoxy) is 1. The van der Waals surface area contributed by atoms with Gasteiger partial charge in [0, 0.05) is 11.8 Å². The molecular weight excluding hydrogens is 396 g/mol. The fraction of sp³-hybridized carbons (Fsp3) is 0.966. The summed E-state index contributed by atoms with van der Waals surface area (Å²) in [6.07, 6.45) is 11.7.